The summed E-state index contributed by atoms with van der Waals surface area (Å²) in [6.45, 7) is 18.6. The SMILES string of the molecule is CCCc1cccc(C)c1N=C(N[PH+](C(C)C)C(C)C)c1ccc(C)cc1.[CH-]1CCCO1.[Cl][Cr+]([Cl])[Cl]. The van der Waals surface area contributed by atoms with E-state index >= 15 is 0 Å². The van der Waals surface area contributed by atoms with Crippen LogP contribution in [-0.2, 0) is 22.5 Å². The van der Waals surface area contributed by atoms with Gasteiger partial charge in [-0.25, -0.2) is 16.7 Å². The van der Waals surface area contributed by atoms with E-state index in [2.05, 4.69) is 96.0 Å². The summed E-state index contributed by atoms with van der Waals surface area (Å²) >= 11 is -1.62. The molecule has 0 unspecified atom stereocenters. The van der Waals surface area contributed by atoms with Crippen molar-refractivity contribution in [3.63, 3.8) is 0 Å². The Morgan fingerprint density at radius 2 is 1.67 bits per heavy atom. The predicted molar refractivity (Wildman–Crippen MR) is 161 cm³/mol. The van der Waals surface area contributed by atoms with Gasteiger partial charge in [0.2, 0.25) is 0 Å². The molecule has 0 amide bonds. The molecule has 0 bridgehead atoms. The number of rotatable bonds is 7. The van der Waals surface area contributed by atoms with Gasteiger partial charge in [-0.3, -0.25) is 0 Å². The van der Waals surface area contributed by atoms with Crippen molar-refractivity contribution in [3.8, 4) is 0 Å². The Bertz CT molecular complexity index is 886. The minimum absolute atomic E-state index is 0.637. The molecule has 1 aliphatic heterocycles. The molecule has 1 N–H and O–H groups in total. The summed E-state index contributed by atoms with van der Waals surface area (Å²) in [5, 5.41) is 3.89. The zero-order valence-corrected chi connectivity index (χ0v) is 27.2. The van der Waals surface area contributed by atoms with Crippen molar-refractivity contribution in [2.45, 2.75) is 85.5 Å². The number of hydrogen-bond acceptors (Lipinski definition) is 2. The normalized spacial score (nSPS) is 13.6. The summed E-state index contributed by atoms with van der Waals surface area (Å²) in [7, 11) is 14.0. The topological polar surface area (TPSA) is 33.6 Å². The zero-order chi connectivity index (χ0) is 27.1. The number of nitrogens with one attached hydrogen (secondary N) is 1. The molecule has 0 aromatic heterocycles. The first-order valence-electron chi connectivity index (χ1n) is 12.6. The summed E-state index contributed by atoms with van der Waals surface area (Å²) in [5.41, 5.74) is 7.45. The molecule has 0 aliphatic carbocycles. The molecule has 1 fully saturated rings. The number of amidine groups is 1. The second kappa shape index (κ2) is 18.9. The van der Waals surface area contributed by atoms with Gasteiger partial charge in [0.15, 0.2) is 5.84 Å². The van der Waals surface area contributed by atoms with Crippen molar-refractivity contribution >= 4 is 49.7 Å². The van der Waals surface area contributed by atoms with Gasteiger partial charge in [-0.1, -0.05) is 67.8 Å². The van der Waals surface area contributed by atoms with Crippen molar-refractivity contribution in [2.24, 2.45) is 4.99 Å². The van der Waals surface area contributed by atoms with Crippen LogP contribution in [0.25, 0.3) is 0 Å². The number of aliphatic imine (C=N–C) groups is 1. The van der Waals surface area contributed by atoms with Crippen molar-refractivity contribution in [2.75, 3.05) is 6.61 Å². The third-order valence-electron chi connectivity index (χ3n) is 5.60. The molecule has 1 heterocycles. The fraction of sp³-hybridized carbons (Fsp3) is 0.500. The summed E-state index contributed by atoms with van der Waals surface area (Å²) in [6.07, 6.45) is 4.57. The summed E-state index contributed by atoms with van der Waals surface area (Å²) in [4.78, 5) is 5.21. The third-order valence-corrected chi connectivity index (χ3v) is 8.61. The number of nitrogens with zero attached hydrogens (tertiary/aromatic N) is 1. The van der Waals surface area contributed by atoms with E-state index in [-0.39, 0.29) is 0 Å². The fourth-order valence-electron chi connectivity index (χ4n) is 3.85. The second-order valence-electron chi connectivity index (χ2n) is 9.40. The van der Waals surface area contributed by atoms with Crippen LogP contribution in [0.3, 0.4) is 0 Å². The average Bonchev–Trinajstić information content (AvgIpc) is 3.38. The molecular weight excluding hydrogens is 570 g/mol. The van der Waals surface area contributed by atoms with Crippen LogP contribution in [-0.4, -0.2) is 23.8 Å². The van der Waals surface area contributed by atoms with Crippen LogP contribution in [0.2, 0.25) is 0 Å². The summed E-state index contributed by atoms with van der Waals surface area (Å²) < 4.78 is 4.82. The predicted octanol–water partition coefficient (Wildman–Crippen LogP) is 9.89. The third kappa shape index (κ3) is 13.5. The van der Waals surface area contributed by atoms with Crippen molar-refractivity contribution < 1.29 is 16.1 Å². The maximum atomic E-state index is 5.21. The Hall–Kier alpha value is -0.298. The van der Waals surface area contributed by atoms with Crippen LogP contribution in [0, 0.1) is 20.5 Å². The van der Waals surface area contributed by atoms with Crippen molar-refractivity contribution in [3.05, 3.63) is 71.3 Å². The van der Waals surface area contributed by atoms with Crippen molar-refractivity contribution in [1.29, 1.82) is 0 Å². The van der Waals surface area contributed by atoms with E-state index in [1.165, 1.54) is 28.7 Å². The van der Waals surface area contributed by atoms with Gasteiger partial charge >= 0.3 is 41.5 Å². The van der Waals surface area contributed by atoms with Crippen LogP contribution >= 0.6 is 38.2 Å². The quantitative estimate of drug-likeness (QED) is 0.146. The number of ether oxygens (including phenoxy) is 1. The molecule has 2 aromatic carbocycles. The number of halogens is 3. The Kier molecular flexibility index (Phi) is 17.7. The van der Waals surface area contributed by atoms with Gasteiger partial charge in [-0.15, -0.1) is 0 Å². The summed E-state index contributed by atoms with van der Waals surface area (Å²) in [6, 6.07) is 15.3. The fourth-order valence-corrected chi connectivity index (χ4v) is 6.23. The van der Waals surface area contributed by atoms with Crippen LogP contribution in [0.4, 0.5) is 5.69 Å². The molecule has 3 nitrogen and oxygen atoms in total. The van der Waals surface area contributed by atoms with Gasteiger partial charge in [0, 0.05) is 12.2 Å². The zero-order valence-electron chi connectivity index (χ0n) is 22.7. The standard InChI is InChI=1S/C24H35N2P.C4H7O.3ClH.Cr/c1-8-10-21-12-9-11-20(7)23(21)25-24(22-15-13-19(6)14-16-22)26-27(17(2)3)18(4)5;1-2-4-5-3-1;;;;/h9,11-18H,8,10H2,1-7H3,(H,25,26);3H,1-2,4H2;3*1H;/q;-1;;;;+4/p-2. The first kappa shape index (κ1) is 33.7. The van der Waals surface area contributed by atoms with E-state index in [4.69, 9.17) is 39.9 Å². The maximum absolute atomic E-state index is 5.21. The molecule has 202 valence electrons. The van der Waals surface area contributed by atoms with Gasteiger partial charge in [0.05, 0.1) is 25.1 Å². The van der Waals surface area contributed by atoms with E-state index < -0.39 is 19.5 Å². The van der Waals surface area contributed by atoms with E-state index in [1.54, 1.807) is 0 Å². The second-order valence-corrected chi connectivity index (χ2v) is 19.2. The molecule has 36 heavy (non-hydrogen) atoms. The number of hydrogen-bond donors (Lipinski definition) is 1. The van der Waals surface area contributed by atoms with E-state index in [0.717, 1.165) is 37.4 Å². The molecule has 1 aliphatic rings. The average molecular weight is 613 g/mol. The molecule has 1 saturated heterocycles. The number of para-hydroxylation sites is 1. The van der Waals surface area contributed by atoms with E-state index in [9.17, 15) is 0 Å². The van der Waals surface area contributed by atoms with Gasteiger partial charge in [0.1, 0.15) is 0 Å². The molecule has 0 spiro atoms. The Morgan fingerprint density at radius 1 is 1.06 bits per heavy atom. The molecule has 0 radical (unpaired) electrons. The summed E-state index contributed by atoms with van der Waals surface area (Å²) in [5.74, 6) is 1.03. The minimum atomic E-state index is -1.62. The molecule has 0 saturated carbocycles. The molecule has 0 atom stereocenters. The van der Waals surface area contributed by atoms with Crippen LogP contribution < -0.4 is 5.09 Å². The molecule has 2 aromatic rings. The molecule has 3 rings (SSSR count). The monoisotopic (exact) mass is 611 g/mol. The van der Waals surface area contributed by atoms with Gasteiger partial charge in [-0.2, -0.15) is 6.42 Å². The Balaban J connectivity index is 0.000000606. The molecule has 8 heteroatoms. The number of aryl methyl sites for hydroxylation is 3. The van der Waals surface area contributed by atoms with Crippen LogP contribution in [0.1, 0.15) is 76.1 Å². The first-order chi connectivity index (χ1) is 17.1. The van der Waals surface area contributed by atoms with Crippen LogP contribution in [0.15, 0.2) is 47.5 Å². The van der Waals surface area contributed by atoms with Gasteiger partial charge in [0.25, 0.3) is 0 Å². The first-order valence-corrected chi connectivity index (χ1v) is 19.5. The van der Waals surface area contributed by atoms with Crippen molar-refractivity contribution in [1.82, 2.24) is 5.09 Å². The van der Waals surface area contributed by atoms with Gasteiger partial charge < -0.3 is 4.74 Å². The molecular formula is C28H43Cl3CrN2OP+. The van der Waals surface area contributed by atoms with E-state index in [1.807, 2.05) is 6.61 Å². The Labute approximate surface area is 238 Å². The Morgan fingerprint density at radius 3 is 2.11 bits per heavy atom. The van der Waals surface area contributed by atoms with Crippen LogP contribution in [0.5, 0.6) is 0 Å². The van der Waals surface area contributed by atoms with E-state index in [0.29, 0.717) is 11.3 Å². The van der Waals surface area contributed by atoms with Gasteiger partial charge in [-0.05, 0) is 59.1 Å². The number of benzene rings is 2.